The Labute approximate surface area is 164 Å². The van der Waals surface area contributed by atoms with Gasteiger partial charge in [0.1, 0.15) is 5.75 Å². The van der Waals surface area contributed by atoms with Crippen LogP contribution >= 0.6 is 0 Å². The molecule has 0 aromatic heterocycles. The molecule has 1 fully saturated rings. The average molecular weight is 392 g/mol. The maximum absolute atomic E-state index is 11.7. The standard InChI is InChI=1S/C19H25BO8/c1-11(21)24-16-14(17(25-12(2)22)26-13(3)23)9-8-10-15(16)20-27-18(4,5)19(6,7)28-20/h8-10,17H,1-7H3. The summed E-state index contributed by atoms with van der Waals surface area (Å²) in [6.45, 7) is 11.2. The molecule has 0 aliphatic carbocycles. The molecule has 2 rings (SSSR count). The summed E-state index contributed by atoms with van der Waals surface area (Å²) in [6.07, 6.45) is -1.38. The van der Waals surface area contributed by atoms with E-state index in [-0.39, 0.29) is 11.3 Å². The van der Waals surface area contributed by atoms with E-state index < -0.39 is 42.5 Å². The van der Waals surface area contributed by atoms with Crippen LogP contribution in [0.15, 0.2) is 18.2 Å². The van der Waals surface area contributed by atoms with E-state index in [1.807, 2.05) is 27.7 Å². The van der Waals surface area contributed by atoms with Gasteiger partial charge < -0.3 is 23.5 Å². The molecule has 0 saturated carbocycles. The van der Waals surface area contributed by atoms with Gasteiger partial charge in [-0.2, -0.15) is 0 Å². The average Bonchev–Trinajstić information content (AvgIpc) is 2.73. The van der Waals surface area contributed by atoms with E-state index in [1.165, 1.54) is 26.8 Å². The Hall–Kier alpha value is -2.39. The SMILES string of the molecule is CC(=O)Oc1c(B2OC(C)(C)C(C)(C)O2)cccc1C(OC(C)=O)OC(C)=O. The summed E-state index contributed by atoms with van der Waals surface area (Å²) in [5, 5.41) is 0. The maximum atomic E-state index is 11.7. The van der Waals surface area contributed by atoms with Crippen LogP contribution in [0.3, 0.4) is 0 Å². The Morgan fingerprint density at radius 2 is 1.39 bits per heavy atom. The Bertz CT molecular complexity index is 754. The van der Waals surface area contributed by atoms with Crippen molar-refractivity contribution in [2.45, 2.75) is 66.0 Å². The third-order valence-corrected chi connectivity index (χ3v) is 4.63. The van der Waals surface area contributed by atoms with Gasteiger partial charge in [-0.15, -0.1) is 0 Å². The van der Waals surface area contributed by atoms with Crippen molar-refractivity contribution in [3.63, 3.8) is 0 Å². The lowest BCUT2D eigenvalue weighted by Gasteiger charge is -2.32. The Balaban J connectivity index is 2.56. The smallest absolute Gasteiger partial charge is 0.427 e. The molecule has 28 heavy (non-hydrogen) atoms. The lowest BCUT2D eigenvalue weighted by atomic mass is 9.77. The van der Waals surface area contributed by atoms with E-state index in [2.05, 4.69) is 0 Å². The highest BCUT2D eigenvalue weighted by Gasteiger charge is 2.53. The molecule has 1 saturated heterocycles. The van der Waals surface area contributed by atoms with E-state index in [4.69, 9.17) is 23.5 Å². The molecule has 0 N–H and O–H groups in total. The summed E-state index contributed by atoms with van der Waals surface area (Å²) in [7, 11) is -0.838. The lowest BCUT2D eigenvalue weighted by molar-refractivity contribution is -0.186. The van der Waals surface area contributed by atoms with Crippen molar-refractivity contribution < 1.29 is 37.9 Å². The van der Waals surface area contributed by atoms with Gasteiger partial charge in [0.2, 0.25) is 0 Å². The second-order valence-corrected chi connectivity index (χ2v) is 7.50. The van der Waals surface area contributed by atoms with Crippen LogP contribution in [0.4, 0.5) is 0 Å². The minimum absolute atomic E-state index is 0.0565. The number of benzene rings is 1. The fourth-order valence-electron chi connectivity index (χ4n) is 2.63. The van der Waals surface area contributed by atoms with E-state index in [1.54, 1.807) is 12.1 Å². The first kappa shape index (κ1) is 21.9. The number of rotatable bonds is 5. The quantitative estimate of drug-likeness (QED) is 0.325. The molecule has 0 spiro atoms. The molecule has 1 heterocycles. The Kier molecular flexibility index (Phi) is 6.20. The van der Waals surface area contributed by atoms with Crippen molar-refractivity contribution in [1.82, 2.24) is 0 Å². The van der Waals surface area contributed by atoms with Gasteiger partial charge in [-0.05, 0) is 33.8 Å². The number of esters is 3. The zero-order chi connectivity index (χ0) is 21.3. The third kappa shape index (κ3) is 4.71. The van der Waals surface area contributed by atoms with Crippen molar-refractivity contribution in [3.8, 4) is 5.75 Å². The molecule has 9 heteroatoms. The van der Waals surface area contributed by atoms with Crippen LogP contribution in [0.5, 0.6) is 5.75 Å². The van der Waals surface area contributed by atoms with Crippen molar-refractivity contribution in [2.75, 3.05) is 0 Å². The molecular weight excluding hydrogens is 367 g/mol. The second-order valence-electron chi connectivity index (χ2n) is 7.50. The topological polar surface area (TPSA) is 97.4 Å². The number of hydrogen-bond donors (Lipinski definition) is 0. The van der Waals surface area contributed by atoms with Gasteiger partial charge >= 0.3 is 25.0 Å². The number of hydrogen-bond acceptors (Lipinski definition) is 8. The van der Waals surface area contributed by atoms with E-state index in [9.17, 15) is 14.4 Å². The molecule has 1 aliphatic rings. The first-order valence-electron chi connectivity index (χ1n) is 8.85. The van der Waals surface area contributed by atoms with Crippen LogP contribution in [0.2, 0.25) is 0 Å². The molecule has 1 aromatic rings. The van der Waals surface area contributed by atoms with E-state index >= 15 is 0 Å². The number of carbonyl (C=O) groups is 3. The molecule has 0 atom stereocenters. The van der Waals surface area contributed by atoms with Crippen molar-refractivity contribution in [1.29, 1.82) is 0 Å². The van der Waals surface area contributed by atoms with Crippen LogP contribution in [-0.2, 0) is 33.2 Å². The fourth-order valence-corrected chi connectivity index (χ4v) is 2.63. The predicted octanol–water partition coefficient (Wildman–Crippen LogP) is 2.04. The summed E-state index contributed by atoms with van der Waals surface area (Å²) >= 11 is 0. The molecule has 0 bridgehead atoms. The lowest BCUT2D eigenvalue weighted by Crippen LogP contribution is -2.41. The van der Waals surface area contributed by atoms with Crippen LogP contribution in [0.1, 0.15) is 60.3 Å². The highest BCUT2D eigenvalue weighted by Crippen LogP contribution is 2.38. The summed E-state index contributed by atoms with van der Waals surface area (Å²) in [4.78, 5) is 34.7. The molecule has 8 nitrogen and oxygen atoms in total. The largest absolute Gasteiger partial charge is 0.498 e. The molecule has 0 unspecified atom stereocenters. The van der Waals surface area contributed by atoms with Gasteiger partial charge in [0.05, 0.1) is 16.8 Å². The monoisotopic (exact) mass is 392 g/mol. The van der Waals surface area contributed by atoms with Gasteiger partial charge in [0, 0.05) is 26.2 Å². The van der Waals surface area contributed by atoms with Gasteiger partial charge in [0.25, 0.3) is 6.29 Å². The molecule has 1 aromatic carbocycles. The summed E-state index contributed by atoms with van der Waals surface area (Å²) in [5.41, 5.74) is -0.637. The maximum Gasteiger partial charge on any atom is 0.498 e. The zero-order valence-electron chi connectivity index (χ0n) is 17.2. The summed E-state index contributed by atoms with van der Waals surface area (Å²) in [6, 6.07) is 4.84. The van der Waals surface area contributed by atoms with Crippen LogP contribution in [-0.4, -0.2) is 36.2 Å². The predicted molar refractivity (Wildman–Crippen MR) is 99.7 cm³/mol. The first-order valence-corrected chi connectivity index (χ1v) is 8.85. The fraction of sp³-hybridized carbons (Fsp3) is 0.526. The highest BCUT2D eigenvalue weighted by molar-refractivity contribution is 6.63. The van der Waals surface area contributed by atoms with Crippen molar-refractivity contribution in [3.05, 3.63) is 23.8 Å². The minimum Gasteiger partial charge on any atom is -0.427 e. The minimum atomic E-state index is -1.38. The molecule has 0 radical (unpaired) electrons. The van der Waals surface area contributed by atoms with E-state index in [0.29, 0.717) is 5.46 Å². The third-order valence-electron chi connectivity index (χ3n) is 4.63. The molecule has 152 valence electrons. The number of carbonyl (C=O) groups excluding carboxylic acids is 3. The van der Waals surface area contributed by atoms with Crippen LogP contribution < -0.4 is 10.2 Å². The summed E-state index contributed by atoms with van der Waals surface area (Å²) in [5.74, 6) is -1.88. The molecule has 0 amide bonds. The Morgan fingerprint density at radius 1 is 0.893 bits per heavy atom. The first-order chi connectivity index (χ1) is 12.8. The van der Waals surface area contributed by atoms with Crippen molar-refractivity contribution in [2.24, 2.45) is 0 Å². The number of ether oxygens (including phenoxy) is 3. The van der Waals surface area contributed by atoms with Gasteiger partial charge in [0.15, 0.2) is 0 Å². The van der Waals surface area contributed by atoms with Gasteiger partial charge in [-0.3, -0.25) is 14.4 Å². The molecular formula is C19H25BO8. The normalized spacial score (nSPS) is 17.4. The highest BCUT2D eigenvalue weighted by atomic mass is 16.7. The molecule has 1 aliphatic heterocycles. The number of para-hydroxylation sites is 1. The van der Waals surface area contributed by atoms with Crippen LogP contribution in [0, 0.1) is 0 Å². The Morgan fingerprint density at radius 3 is 1.82 bits per heavy atom. The second kappa shape index (κ2) is 7.93. The van der Waals surface area contributed by atoms with Crippen LogP contribution in [0.25, 0.3) is 0 Å². The van der Waals surface area contributed by atoms with Gasteiger partial charge in [-0.25, -0.2) is 0 Å². The van der Waals surface area contributed by atoms with E-state index in [0.717, 1.165) is 0 Å². The van der Waals surface area contributed by atoms with Crippen molar-refractivity contribution >= 4 is 30.5 Å². The zero-order valence-corrected chi connectivity index (χ0v) is 17.2. The van der Waals surface area contributed by atoms with Gasteiger partial charge in [-0.1, -0.05) is 12.1 Å². The summed E-state index contributed by atoms with van der Waals surface area (Å²) < 4.78 is 27.7.